The third-order valence-corrected chi connectivity index (χ3v) is 5.67. The van der Waals surface area contributed by atoms with Crippen LogP contribution in [0.25, 0.3) is 33.6 Å². The molecule has 0 aliphatic carbocycles. The van der Waals surface area contributed by atoms with E-state index in [-0.39, 0.29) is 12.5 Å². The zero-order valence-corrected chi connectivity index (χ0v) is 17.6. The first kappa shape index (κ1) is 19.3. The van der Waals surface area contributed by atoms with Crippen molar-refractivity contribution in [3.05, 3.63) is 90.0 Å². The maximum Gasteiger partial charge on any atom is 0.264 e. The third kappa shape index (κ3) is 3.78. The maximum absolute atomic E-state index is 12.1. The number of hydrogen-bond donors (Lipinski definition) is 0. The van der Waals surface area contributed by atoms with Gasteiger partial charge in [-0.3, -0.25) is 4.79 Å². The molecule has 1 aliphatic rings. The highest BCUT2D eigenvalue weighted by Gasteiger charge is 2.23. The fraction of sp³-hybridized carbons (Fsp3) is 0.0769. The predicted octanol–water partition coefficient (Wildman–Crippen LogP) is 6.09. The summed E-state index contributed by atoms with van der Waals surface area (Å²) in [6, 6.07) is 27.9. The second-order valence-electron chi connectivity index (χ2n) is 7.42. The minimum atomic E-state index is -0.0718. The molecule has 1 aliphatic heterocycles. The third-order valence-electron chi connectivity index (χ3n) is 5.41. The molecule has 31 heavy (non-hydrogen) atoms. The van der Waals surface area contributed by atoms with Crippen LogP contribution in [0.4, 0.5) is 5.69 Å². The molecule has 5 rings (SSSR count). The van der Waals surface area contributed by atoms with Gasteiger partial charge in [0.2, 0.25) is 0 Å². The Morgan fingerprint density at radius 1 is 0.806 bits per heavy atom. The molecule has 4 nitrogen and oxygen atoms in total. The standard InChI is InChI=1S/C26H19ClN2O2/c1-29-24-15-19(9-12-25(24)31-16-26(29)30)23-14-20(17-5-3-2-4-6-17)13-22(28-23)18-7-10-21(27)11-8-18/h2-15H,16H2,1H3. The first-order valence-corrected chi connectivity index (χ1v) is 10.3. The van der Waals surface area contributed by atoms with Crippen LogP contribution in [0.1, 0.15) is 0 Å². The molecule has 0 radical (unpaired) electrons. The number of benzene rings is 3. The highest BCUT2D eigenvalue weighted by Crippen LogP contribution is 2.37. The van der Waals surface area contributed by atoms with Gasteiger partial charge < -0.3 is 9.64 Å². The van der Waals surface area contributed by atoms with Crippen LogP contribution in [0.3, 0.4) is 0 Å². The average molecular weight is 427 g/mol. The molecule has 2 heterocycles. The number of halogens is 1. The number of rotatable bonds is 3. The molecule has 0 bridgehead atoms. The fourth-order valence-electron chi connectivity index (χ4n) is 3.68. The van der Waals surface area contributed by atoms with Crippen LogP contribution in [-0.2, 0) is 4.79 Å². The van der Waals surface area contributed by atoms with Gasteiger partial charge in [0.15, 0.2) is 6.61 Å². The molecular formula is C26H19ClN2O2. The normalized spacial score (nSPS) is 13.0. The van der Waals surface area contributed by atoms with E-state index in [0.717, 1.165) is 39.3 Å². The lowest BCUT2D eigenvalue weighted by Gasteiger charge is -2.26. The van der Waals surface area contributed by atoms with Crippen molar-refractivity contribution in [2.75, 3.05) is 18.6 Å². The SMILES string of the molecule is CN1C(=O)COc2ccc(-c3cc(-c4ccccc4)cc(-c4ccc(Cl)cc4)n3)cc21. The number of carbonyl (C=O) groups is 1. The smallest absolute Gasteiger partial charge is 0.264 e. The Kier molecular flexibility index (Phi) is 4.92. The van der Waals surface area contributed by atoms with Gasteiger partial charge in [-0.2, -0.15) is 0 Å². The van der Waals surface area contributed by atoms with Crippen LogP contribution in [0.15, 0.2) is 84.9 Å². The van der Waals surface area contributed by atoms with Crippen molar-refractivity contribution < 1.29 is 9.53 Å². The maximum atomic E-state index is 12.1. The molecule has 0 saturated carbocycles. The molecular weight excluding hydrogens is 408 g/mol. The molecule has 1 aromatic heterocycles. The minimum absolute atomic E-state index is 0.0608. The molecule has 3 aromatic carbocycles. The van der Waals surface area contributed by atoms with E-state index in [4.69, 9.17) is 21.3 Å². The molecule has 0 N–H and O–H groups in total. The van der Waals surface area contributed by atoms with E-state index in [2.05, 4.69) is 24.3 Å². The molecule has 5 heteroatoms. The van der Waals surface area contributed by atoms with E-state index < -0.39 is 0 Å². The Morgan fingerprint density at radius 2 is 1.48 bits per heavy atom. The number of carbonyl (C=O) groups excluding carboxylic acids is 1. The number of fused-ring (bicyclic) bond motifs is 1. The topological polar surface area (TPSA) is 42.4 Å². The van der Waals surface area contributed by atoms with Crippen LogP contribution in [0, 0.1) is 0 Å². The van der Waals surface area contributed by atoms with E-state index in [0.29, 0.717) is 10.8 Å². The summed E-state index contributed by atoms with van der Waals surface area (Å²) in [6.45, 7) is 0.0608. The number of pyridine rings is 1. The molecule has 0 saturated heterocycles. The van der Waals surface area contributed by atoms with Crippen LogP contribution in [-0.4, -0.2) is 24.5 Å². The zero-order chi connectivity index (χ0) is 21.4. The molecule has 0 atom stereocenters. The number of hydrogen-bond acceptors (Lipinski definition) is 3. The fourth-order valence-corrected chi connectivity index (χ4v) is 3.80. The number of ether oxygens (including phenoxy) is 1. The monoisotopic (exact) mass is 426 g/mol. The zero-order valence-electron chi connectivity index (χ0n) is 16.9. The Hall–Kier alpha value is -3.63. The summed E-state index contributed by atoms with van der Waals surface area (Å²) in [4.78, 5) is 18.6. The second kappa shape index (κ2) is 7.89. The summed E-state index contributed by atoms with van der Waals surface area (Å²) in [5, 5.41) is 0.686. The highest BCUT2D eigenvalue weighted by atomic mass is 35.5. The number of amides is 1. The van der Waals surface area contributed by atoms with E-state index in [1.807, 2.05) is 60.7 Å². The van der Waals surface area contributed by atoms with Crippen LogP contribution in [0.5, 0.6) is 5.75 Å². The van der Waals surface area contributed by atoms with Gasteiger partial charge in [0.25, 0.3) is 5.91 Å². The van der Waals surface area contributed by atoms with Crippen molar-refractivity contribution >= 4 is 23.2 Å². The number of anilines is 1. The first-order valence-electron chi connectivity index (χ1n) is 9.96. The Balaban J connectivity index is 1.67. The Labute approximate surface area is 185 Å². The van der Waals surface area contributed by atoms with Gasteiger partial charge >= 0.3 is 0 Å². The lowest BCUT2D eigenvalue weighted by Crippen LogP contribution is -2.35. The highest BCUT2D eigenvalue weighted by molar-refractivity contribution is 6.30. The van der Waals surface area contributed by atoms with E-state index in [1.54, 1.807) is 11.9 Å². The van der Waals surface area contributed by atoms with Crippen molar-refractivity contribution in [3.8, 4) is 39.4 Å². The second-order valence-corrected chi connectivity index (χ2v) is 7.86. The summed E-state index contributed by atoms with van der Waals surface area (Å²) in [7, 11) is 1.76. The van der Waals surface area contributed by atoms with Crippen molar-refractivity contribution in [2.45, 2.75) is 0 Å². The Morgan fingerprint density at radius 3 is 2.23 bits per heavy atom. The van der Waals surface area contributed by atoms with Gasteiger partial charge in [0.05, 0.1) is 17.1 Å². The number of nitrogens with zero attached hydrogens (tertiary/aromatic N) is 2. The molecule has 4 aromatic rings. The number of likely N-dealkylation sites (N-methyl/N-ethyl adjacent to an activating group) is 1. The average Bonchev–Trinajstić information content (AvgIpc) is 2.82. The number of aromatic nitrogens is 1. The van der Waals surface area contributed by atoms with Gasteiger partial charge in [0.1, 0.15) is 5.75 Å². The summed E-state index contributed by atoms with van der Waals surface area (Å²) >= 11 is 6.08. The van der Waals surface area contributed by atoms with Crippen molar-refractivity contribution in [1.29, 1.82) is 0 Å². The molecule has 0 fully saturated rings. The molecule has 152 valence electrons. The Bertz CT molecular complexity index is 1270. The minimum Gasteiger partial charge on any atom is -0.482 e. The largest absolute Gasteiger partial charge is 0.482 e. The van der Waals surface area contributed by atoms with Gasteiger partial charge in [0, 0.05) is 23.2 Å². The summed E-state index contributed by atoms with van der Waals surface area (Å²) in [5.74, 6) is 0.625. The quantitative estimate of drug-likeness (QED) is 0.398. The van der Waals surface area contributed by atoms with Crippen molar-refractivity contribution in [2.24, 2.45) is 0 Å². The molecule has 1 amide bonds. The summed E-state index contributed by atoms with van der Waals surface area (Å²) < 4.78 is 5.57. The van der Waals surface area contributed by atoms with E-state index in [1.165, 1.54) is 0 Å². The lowest BCUT2D eigenvalue weighted by molar-refractivity contribution is -0.120. The van der Waals surface area contributed by atoms with E-state index in [9.17, 15) is 4.79 Å². The summed E-state index contributed by atoms with van der Waals surface area (Å²) in [6.07, 6.45) is 0. The van der Waals surface area contributed by atoms with Crippen LogP contribution in [0.2, 0.25) is 5.02 Å². The van der Waals surface area contributed by atoms with Crippen LogP contribution >= 0.6 is 11.6 Å². The summed E-state index contributed by atoms with van der Waals surface area (Å²) in [5.41, 5.74) is 6.48. The van der Waals surface area contributed by atoms with Crippen molar-refractivity contribution in [3.63, 3.8) is 0 Å². The molecule has 0 spiro atoms. The van der Waals surface area contributed by atoms with E-state index >= 15 is 0 Å². The van der Waals surface area contributed by atoms with Gasteiger partial charge in [-0.25, -0.2) is 4.98 Å². The van der Waals surface area contributed by atoms with Crippen molar-refractivity contribution in [1.82, 2.24) is 4.98 Å². The lowest BCUT2D eigenvalue weighted by atomic mass is 9.99. The van der Waals surface area contributed by atoms with Gasteiger partial charge in [-0.1, -0.05) is 54.1 Å². The van der Waals surface area contributed by atoms with Gasteiger partial charge in [-0.15, -0.1) is 0 Å². The van der Waals surface area contributed by atoms with Gasteiger partial charge in [-0.05, 0) is 53.6 Å². The predicted molar refractivity (Wildman–Crippen MR) is 124 cm³/mol. The first-order chi connectivity index (χ1) is 15.1. The van der Waals surface area contributed by atoms with Crippen LogP contribution < -0.4 is 9.64 Å². The molecule has 0 unspecified atom stereocenters.